The number of esters is 2. The van der Waals surface area contributed by atoms with E-state index in [9.17, 15) is 33.9 Å². The van der Waals surface area contributed by atoms with Crippen LogP contribution in [0.25, 0.3) is 10.2 Å². The predicted octanol–water partition coefficient (Wildman–Crippen LogP) is 8.21. The molecule has 338 valence electrons. The molecule has 14 nitrogen and oxygen atoms in total. The number of aromatic nitrogens is 1. The molecule has 6 rings (SSSR count). The lowest BCUT2D eigenvalue weighted by Crippen LogP contribution is -2.48. The molecule has 0 spiro atoms. The van der Waals surface area contributed by atoms with E-state index in [-0.39, 0.29) is 43.3 Å². The van der Waals surface area contributed by atoms with Gasteiger partial charge in [-0.1, -0.05) is 44.0 Å². The fourth-order valence-corrected chi connectivity index (χ4v) is 9.18. The van der Waals surface area contributed by atoms with Gasteiger partial charge < -0.3 is 28.8 Å². The summed E-state index contributed by atoms with van der Waals surface area (Å²) < 4.78 is 30.2. The van der Waals surface area contributed by atoms with Crippen LogP contribution in [0, 0.1) is 24.2 Å². The fourth-order valence-electron chi connectivity index (χ4n) is 8.37. The second-order valence-electron chi connectivity index (χ2n) is 17.6. The molecule has 1 aromatic heterocycles. The number of aliphatic hydroxyl groups is 1. The number of amides is 2. The van der Waals surface area contributed by atoms with Crippen molar-refractivity contribution in [2.24, 2.45) is 17.3 Å². The maximum atomic E-state index is 14.5. The molecule has 2 aromatic carbocycles. The van der Waals surface area contributed by atoms with Gasteiger partial charge in [0.25, 0.3) is 11.8 Å². The van der Waals surface area contributed by atoms with Crippen LogP contribution in [0.2, 0.25) is 0 Å². The van der Waals surface area contributed by atoms with Crippen LogP contribution in [0.1, 0.15) is 114 Å². The highest BCUT2D eigenvalue weighted by atomic mass is 32.1. The van der Waals surface area contributed by atoms with Crippen molar-refractivity contribution in [3.8, 4) is 5.75 Å². The van der Waals surface area contributed by atoms with Gasteiger partial charge in [0.1, 0.15) is 30.3 Å². The van der Waals surface area contributed by atoms with E-state index in [1.54, 1.807) is 55.5 Å². The number of Topliss-reactive ketones (excluding diaryl/α,β-unsaturated/α-hetero) is 1. The Labute approximate surface area is 371 Å². The number of allylic oxidation sites excluding steroid dienone is 1. The zero-order chi connectivity index (χ0) is 45.5. The summed E-state index contributed by atoms with van der Waals surface area (Å²) in [6.45, 7) is 13.0. The van der Waals surface area contributed by atoms with Gasteiger partial charge in [-0.2, -0.15) is 0 Å². The summed E-state index contributed by atoms with van der Waals surface area (Å²) in [5, 5.41) is 12.5. The van der Waals surface area contributed by atoms with Crippen molar-refractivity contribution in [2.75, 3.05) is 6.54 Å². The summed E-state index contributed by atoms with van der Waals surface area (Å²) in [5.74, 6) is -3.04. The van der Waals surface area contributed by atoms with Gasteiger partial charge >= 0.3 is 18.1 Å². The molecule has 63 heavy (non-hydrogen) atoms. The van der Waals surface area contributed by atoms with Crippen molar-refractivity contribution in [2.45, 2.75) is 135 Å². The topological polar surface area (TPSA) is 188 Å². The number of aryl methyl sites for hydroxylation is 1. The van der Waals surface area contributed by atoms with Gasteiger partial charge in [0.05, 0.1) is 44.9 Å². The first kappa shape index (κ1) is 47.2. The van der Waals surface area contributed by atoms with Crippen LogP contribution in [0.4, 0.5) is 4.79 Å². The number of hydrogen-bond donors (Lipinski definition) is 1. The molecule has 2 fully saturated rings. The molecule has 2 saturated heterocycles. The number of ether oxygens (including phenoxy) is 5. The first-order valence-corrected chi connectivity index (χ1v) is 22.5. The van der Waals surface area contributed by atoms with Crippen LogP contribution in [0.5, 0.6) is 5.75 Å². The highest BCUT2D eigenvalue weighted by Crippen LogP contribution is 2.47. The first-order valence-electron chi connectivity index (χ1n) is 21.7. The van der Waals surface area contributed by atoms with Gasteiger partial charge in [-0.05, 0) is 101 Å². The predicted molar refractivity (Wildman–Crippen MR) is 233 cm³/mol. The minimum Gasteiger partial charge on any atom is -0.457 e. The SMILES string of the molecule is C=CC[C@H]1C(=O)C(C)(C)[C@@H](OC(=O)OCc2ccc(OC(=O)CCCCCN3C(=O)C=CC3=O)cc2)CC(=O)O[C@H](c2ccc3sc(C)nc3c2)C[C@@H]2O[C@]2(C)CCC[C@H](C)[C@@H]1O. The van der Waals surface area contributed by atoms with E-state index < -0.39 is 65.5 Å². The van der Waals surface area contributed by atoms with Gasteiger partial charge in [-0.3, -0.25) is 28.9 Å². The van der Waals surface area contributed by atoms with Gasteiger partial charge in [-0.25, -0.2) is 9.78 Å². The van der Waals surface area contributed by atoms with Crippen molar-refractivity contribution >= 4 is 57.2 Å². The number of cyclic esters (lactones) is 1. The molecule has 0 bridgehead atoms. The number of epoxide rings is 1. The second kappa shape index (κ2) is 20.5. The lowest BCUT2D eigenvalue weighted by Gasteiger charge is -2.37. The number of aliphatic hydroxyl groups excluding tert-OH is 1. The minimum absolute atomic E-state index is 0.147. The Morgan fingerprint density at radius 3 is 2.48 bits per heavy atom. The maximum absolute atomic E-state index is 14.5. The number of nitrogens with zero attached hydrogens (tertiary/aromatic N) is 2. The monoisotopic (exact) mass is 886 g/mol. The van der Waals surface area contributed by atoms with E-state index in [0.29, 0.717) is 50.0 Å². The third kappa shape index (κ3) is 12.1. The third-order valence-corrected chi connectivity index (χ3v) is 13.4. The number of carbonyl (C=O) groups excluding carboxylic acids is 6. The molecule has 3 aliphatic heterocycles. The van der Waals surface area contributed by atoms with Gasteiger partial charge in [0.15, 0.2) is 0 Å². The lowest BCUT2D eigenvalue weighted by molar-refractivity contribution is -0.157. The molecule has 0 aliphatic carbocycles. The van der Waals surface area contributed by atoms with Crippen LogP contribution in [-0.4, -0.2) is 81.1 Å². The molecule has 0 unspecified atom stereocenters. The van der Waals surface area contributed by atoms with E-state index in [1.807, 2.05) is 39.0 Å². The molecule has 7 atom stereocenters. The Bertz CT molecular complexity index is 2200. The average Bonchev–Trinajstić information content (AvgIpc) is 3.52. The summed E-state index contributed by atoms with van der Waals surface area (Å²) >= 11 is 1.57. The zero-order valence-corrected chi connectivity index (χ0v) is 37.5. The van der Waals surface area contributed by atoms with Gasteiger partial charge in [0, 0.05) is 37.5 Å². The Hall–Kier alpha value is -5.25. The molecule has 0 saturated carbocycles. The van der Waals surface area contributed by atoms with Crippen LogP contribution < -0.4 is 4.74 Å². The summed E-state index contributed by atoms with van der Waals surface area (Å²) in [4.78, 5) is 83.6. The normalized spacial score (nSPS) is 26.5. The quantitative estimate of drug-likeness (QED) is 0.0432. The Morgan fingerprint density at radius 2 is 1.76 bits per heavy atom. The number of thiazole rings is 1. The van der Waals surface area contributed by atoms with Crippen molar-refractivity contribution in [3.63, 3.8) is 0 Å². The molecular formula is C48H58N2O12S. The minimum atomic E-state index is -1.48. The molecular weight excluding hydrogens is 829 g/mol. The van der Waals surface area contributed by atoms with Crippen LogP contribution in [0.15, 0.2) is 67.3 Å². The van der Waals surface area contributed by atoms with Gasteiger partial charge in [0.2, 0.25) is 0 Å². The van der Waals surface area contributed by atoms with E-state index in [4.69, 9.17) is 23.7 Å². The highest BCUT2D eigenvalue weighted by molar-refractivity contribution is 7.18. The zero-order valence-electron chi connectivity index (χ0n) is 36.7. The number of hydrogen-bond acceptors (Lipinski definition) is 14. The standard InChI is InChI=1S/C48H58N2O12S/c1-7-12-34-44(55)29(2)13-11-23-48(6)39(62-48)26-36(32-17-20-37-35(25-32)49-30(3)63-37)60-43(54)27-38(47(4,5)45(34)56)61-46(57)58-28-31-15-18-33(19-16-31)59-42(53)14-9-8-10-24-50-40(51)21-22-41(50)52/h7,15-22,25,29,34,36,38-39,44,55H,1,8-14,23-24,26-28H2,2-6H3/t29-,34+,36-,38-,39-,44-,48+/m0/s1. The number of unbranched alkanes of at least 4 members (excludes halogenated alkanes) is 2. The van der Waals surface area contributed by atoms with Crippen molar-refractivity contribution in [1.29, 1.82) is 0 Å². The molecule has 2 amide bonds. The number of imide groups is 1. The van der Waals surface area contributed by atoms with Crippen molar-refractivity contribution in [1.82, 2.24) is 9.88 Å². The maximum Gasteiger partial charge on any atom is 0.508 e. The number of fused-ring (bicyclic) bond motifs is 2. The first-order chi connectivity index (χ1) is 30.0. The second-order valence-corrected chi connectivity index (χ2v) is 18.8. The number of benzene rings is 2. The molecule has 3 aromatic rings. The average molecular weight is 887 g/mol. The Balaban J connectivity index is 1.11. The van der Waals surface area contributed by atoms with E-state index >= 15 is 0 Å². The molecule has 3 aliphatic rings. The molecule has 0 radical (unpaired) electrons. The molecule has 4 heterocycles. The number of carbonyl (C=O) groups is 6. The van der Waals surface area contributed by atoms with Crippen LogP contribution in [-0.2, 0) is 49.5 Å². The lowest BCUT2D eigenvalue weighted by atomic mass is 9.71. The van der Waals surface area contributed by atoms with Gasteiger partial charge in [-0.15, -0.1) is 17.9 Å². The fraction of sp³-hybridized carbons (Fsp3) is 0.521. The largest absolute Gasteiger partial charge is 0.508 e. The van der Waals surface area contributed by atoms with Crippen molar-refractivity contribution in [3.05, 3.63) is 83.4 Å². The number of ketones is 1. The van der Waals surface area contributed by atoms with Crippen LogP contribution >= 0.6 is 11.3 Å². The Morgan fingerprint density at radius 1 is 1.03 bits per heavy atom. The summed E-state index contributed by atoms with van der Waals surface area (Å²) in [6, 6.07) is 12.2. The highest BCUT2D eigenvalue weighted by Gasteiger charge is 2.53. The van der Waals surface area contributed by atoms with Crippen LogP contribution in [0.3, 0.4) is 0 Å². The summed E-state index contributed by atoms with van der Waals surface area (Å²) in [6.07, 6.45) is 3.75. The smallest absolute Gasteiger partial charge is 0.457 e. The van der Waals surface area contributed by atoms with E-state index in [0.717, 1.165) is 33.6 Å². The summed E-state index contributed by atoms with van der Waals surface area (Å²) in [7, 11) is 0. The number of rotatable bonds is 13. The third-order valence-electron chi connectivity index (χ3n) is 12.4. The van der Waals surface area contributed by atoms with E-state index in [2.05, 4.69) is 11.6 Å². The molecule has 15 heteroatoms. The summed E-state index contributed by atoms with van der Waals surface area (Å²) in [5.41, 5.74) is 0.167. The Kier molecular flexibility index (Phi) is 15.4. The van der Waals surface area contributed by atoms with Crippen molar-refractivity contribution < 1.29 is 57.6 Å². The van der Waals surface area contributed by atoms with E-state index in [1.165, 1.54) is 17.1 Å². The molecule has 1 N–H and O–H groups in total.